The highest BCUT2D eigenvalue weighted by molar-refractivity contribution is 6.17. The zero-order chi connectivity index (χ0) is 11.4. The van der Waals surface area contributed by atoms with E-state index in [1.54, 1.807) is 6.92 Å². The minimum atomic E-state index is -2.59. The van der Waals surface area contributed by atoms with Crippen LogP contribution in [0.2, 0.25) is 0 Å². The summed E-state index contributed by atoms with van der Waals surface area (Å²) in [7, 11) is 0. The number of pyridine rings is 1. The van der Waals surface area contributed by atoms with Gasteiger partial charge in [-0.3, -0.25) is 4.98 Å². The molecular weight excluding hydrogens is 222 g/mol. The molecule has 1 rings (SSSR count). The monoisotopic (exact) mass is 230 g/mol. The van der Waals surface area contributed by atoms with Gasteiger partial charge in [0, 0.05) is 17.1 Å². The first-order valence-electron chi connectivity index (χ1n) is 4.30. The summed E-state index contributed by atoms with van der Waals surface area (Å²) in [6.07, 6.45) is -2.55. The molecule has 0 unspecified atom stereocenters. The van der Waals surface area contributed by atoms with E-state index in [1.807, 2.05) is 6.07 Å². The lowest BCUT2D eigenvalue weighted by molar-refractivity contribution is 0.150. The molecule has 0 aliphatic rings. The van der Waals surface area contributed by atoms with Crippen LogP contribution in [-0.2, 0) is 12.3 Å². The predicted molar refractivity (Wildman–Crippen MR) is 52.8 cm³/mol. The Balaban J connectivity index is 3.27. The van der Waals surface area contributed by atoms with E-state index in [-0.39, 0.29) is 17.9 Å². The van der Waals surface area contributed by atoms with Gasteiger partial charge in [0.25, 0.3) is 6.43 Å². The largest absolute Gasteiger partial charge is 0.264 e. The molecule has 0 saturated carbocycles. The topological polar surface area (TPSA) is 36.7 Å². The van der Waals surface area contributed by atoms with E-state index in [1.165, 1.54) is 6.07 Å². The molecule has 1 heterocycles. The second-order valence-electron chi connectivity index (χ2n) is 3.04. The Morgan fingerprint density at radius 1 is 1.60 bits per heavy atom. The molecule has 2 nitrogen and oxygen atoms in total. The maximum absolute atomic E-state index is 12.6. The molecule has 15 heavy (non-hydrogen) atoms. The average Bonchev–Trinajstić information content (AvgIpc) is 2.17. The number of rotatable bonds is 3. The van der Waals surface area contributed by atoms with Crippen LogP contribution in [0.1, 0.15) is 28.9 Å². The first-order valence-corrected chi connectivity index (χ1v) is 4.84. The van der Waals surface area contributed by atoms with E-state index in [4.69, 9.17) is 16.9 Å². The Labute approximate surface area is 91.5 Å². The Morgan fingerprint density at radius 2 is 2.27 bits per heavy atom. The summed E-state index contributed by atoms with van der Waals surface area (Å²) in [6, 6.07) is 3.12. The molecule has 0 aromatic carbocycles. The SMILES string of the molecule is Cc1nc(CC#N)cc(C(F)F)c1CCl. The highest BCUT2D eigenvalue weighted by Gasteiger charge is 2.16. The lowest BCUT2D eigenvalue weighted by Gasteiger charge is -2.10. The molecule has 0 aliphatic heterocycles. The second-order valence-corrected chi connectivity index (χ2v) is 3.30. The van der Waals surface area contributed by atoms with Gasteiger partial charge < -0.3 is 0 Å². The van der Waals surface area contributed by atoms with E-state index in [0.29, 0.717) is 17.0 Å². The van der Waals surface area contributed by atoms with E-state index in [2.05, 4.69) is 4.98 Å². The normalized spacial score (nSPS) is 10.4. The van der Waals surface area contributed by atoms with Crippen LogP contribution >= 0.6 is 11.6 Å². The Kier molecular flexibility index (Phi) is 3.98. The van der Waals surface area contributed by atoms with Crippen LogP contribution in [0.5, 0.6) is 0 Å². The summed E-state index contributed by atoms with van der Waals surface area (Å²) >= 11 is 5.57. The van der Waals surface area contributed by atoms with Gasteiger partial charge in [0.2, 0.25) is 0 Å². The average molecular weight is 231 g/mol. The molecule has 1 aromatic heterocycles. The minimum Gasteiger partial charge on any atom is -0.257 e. The Bertz CT molecular complexity index is 399. The summed E-state index contributed by atoms with van der Waals surface area (Å²) < 4.78 is 25.3. The molecule has 0 fully saturated rings. The van der Waals surface area contributed by atoms with E-state index >= 15 is 0 Å². The van der Waals surface area contributed by atoms with Gasteiger partial charge >= 0.3 is 0 Å². The van der Waals surface area contributed by atoms with Gasteiger partial charge in [-0.05, 0) is 18.6 Å². The molecule has 0 atom stereocenters. The van der Waals surface area contributed by atoms with Crippen molar-refractivity contribution >= 4 is 11.6 Å². The molecule has 0 amide bonds. The number of aromatic nitrogens is 1. The van der Waals surface area contributed by atoms with E-state index in [0.717, 1.165) is 0 Å². The summed E-state index contributed by atoms with van der Waals surface area (Å²) in [4.78, 5) is 4.04. The van der Waals surface area contributed by atoms with Crippen molar-refractivity contribution in [2.45, 2.75) is 25.7 Å². The lowest BCUT2D eigenvalue weighted by Crippen LogP contribution is -2.02. The first-order chi connectivity index (χ1) is 7.10. The van der Waals surface area contributed by atoms with Crippen LogP contribution < -0.4 is 0 Å². The summed E-state index contributed by atoms with van der Waals surface area (Å²) in [6.45, 7) is 1.62. The molecule has 1 aromatic rings. The van der Waals surface area contributed by atoms with Crippen molar-refractivity contribution in [3.8, 4) is 6.07 Å². The summed E-state index contributed by atoms with van der Waals surface area (Å²) in [5.41, 5.74) is 1.06. The van der Waals surface area contributed by atoms with Gasteiger partial charge in [-0.2, -0.15) is 5.26 Å². The molecule has 0 radical (unpaired) electrons. The van der Waals surface area contributed by atoms with E-state index < -0.39 is 6.43 Å². The predicted octanol–water partition coefficient (Wildman–Crippen LogP) is 3.13. The third-order valence-electron chi connectivity index (χ3n) is 2.05. The summed E-state index contributed by atoms with van der Waals surface area (Å²) in [5.74, 6) is 0.00530. The molecule has 80 valence electrons. The van der Waals surface area contributed by atoms with Gasteiger partial charge in [-0.15, -0.1) is 11.6 Å². The van der Waals surface area contributed by atoms with Crippen molar-refractivity contribution in [3.63, 3.8) is 0 Å². The third kappa shape index (κ3) is 2.63. The van der Waals surface area contributed by atoms with Gasteiger partial charge in [0.05, 0.1) is 18.2 Å². The highest BCUT2D eigenvalue weighted by Crippen LogP contribution is 2.26. The van der Waals surface area contributed by atoms with Crippen LogP contribution in [0.25, 0.3) is 0 Å². The summed E-state index contributed by atoms with van der Waals surface area (Å²) in [5, 5.41) is 8.46. The van der Waals surface area contributed by atoms with Gasteiger partial charge in [0.15, 0.2) is 0 Å². The molecule has 0 saturated heterocycles. The number of hydrogen-bond acceptors (Lipinski definition) is 2. The van der Waals surface area contributed by atoms with Gasteiger partial charge in [0.1, 0.15) is 0 Å². The van der Waals surface area contributed by atoms with Crippen LogP contribution in [0, 0.1) is 18.3 Å². The van der Waals surface area contributed by atoms with Gasteiger partial charge in [-0.1, -0.05) is 0 Å². The maximum Gasteiger partial charge on any atom is 0.264 e. The molecule has 0 N–H and O–H groups in total. The smallest absolute Gasteiger partial charge is 0.257 e. The molecule has 0 bridgehead atoms. The van der Waals surface area contributed by atoms with Crippen molar-refractivity contribution in [2.24, 2.45) is 0 Å². The van der Waals surface area contributed by atoms with E-state index in [9.17, 15) is 8.78 Å². The molecule has 5 heteroatoms. The van der Waals surface area contributed by atoms with Crippen molar-refractivity contribution in [2.75, 3.05) is 0 Å². The van der Waals surface area contributed by atoms with Crippen LogP contribution in [0.4, 0.5) is 8.78 Å². The van der Waals surface area contributed by atoms with Crippen molar-refractivity contribution in [3.05, 3.63) is 28.6 Å². The number of aryl methyl sites for hydroxylation is 1. The quantitative estimate of drug-likeness (QED) is 0.748. The first kappa shape index (κ1) is 11.9. The van der Waals surface area contributed by atoms with Gasteiger partial charge in [-0.25, -0.2) is 8.78 Å². The highest BCUT2D eigenvalue weighted by atomic mass is 35.5. The van der Waals surface area contributed by atoms with Crippen LogP contribution in [0.3, 0.4) is 0 Å². The standard InChI is InChI=1S/C10H9ClF2N2/c1-6-9(5-11)8(10(12)13)4-7(15-6)2-3-14/h4,10H,2,5H2,1H3. The minimum absolute atomic E-state index is 0.00530. The number of halogens is 3. The zero-order valence-electron chi connectivity index (χ0n) is 8.10. The van der Waals surface area contributed by atoms with Crippen molar-refractivity contribution in [1.82, 2.24) is 4.98 Å². The fourth-order valence-corrected chi connectivity index (χ4v) is 1.68. The fourth-order valence-electron chi connectivity index (χ4n) is 1.33. The van der Waals surface area contributed by atoms with Crippen molar-refractivity contribution < 1.29 is 8.78 Å². The fraction of sp³-hybridized carbons (Fsp3) is 0.400. The zero-order valence-corrected chi connectivity index (χ0v) is 8.85. The number of nitrogens with zero attached hydrogens (tertiary/aromatic N) is 2. The molecular formula is C10H9ClF2N2. The molecule has 0 spiro atoms. The number of hydrogen-bond donors (Lipinski definition) is 0. The van der Waals surface area contributed by atoms with Crippen LogP contribution in [-0.4, -0.2) is 4.98 Å². The molecule has 0 aliphatic carbocycles. The van der Waals surface area contributed by atoms with Crippen LogP contribution in [0.15, 0.2) is 6.07 Å². The Hall–Kier alpha value is -1.21. The van der Waals surface area contributed by atoms with Crippen molar-refractivity contribution in [1.29, 1.82) is 5.26 Å². The second kappa shape index (κ2) is 5.04. The Morgan fingerprint density at radius 3 is 2.73 bits per heavy atom. The number of nitriles is 1. The lowest BCUT2D eigenvalue weighted by atomic mass is 10.1. The third-order valence-corrected chi connectivity index (χ3v) is 2.31. The maximum atomic E-state index is 12.6. The number of alkyl halides is 3.